The number of para-hydroxylation sites is 1. The van der Waals surface area contributed by atoms with Gasteiger partial charge in [-0.1, -0.05) is 48.5 Å². The Hall–Kier alpha value is -4.12. The second kappa shape index (κ2) is 9.35. The number of fused-ring (bicyclic) bond motifs is 1. The molecule has 0 aliphatic rings. The van der Waals surface area contributed by atoms with Crippen molar-refractivity contribution in [1.29, 1.82) is 0 Å². The van der Waals surface area contributed by atoms with Gasteiger partial charge >= 0.3 is 5.97 Å². The smallest absolute Gasteiger partial charge is 0.308 e. The number of carbonyl (C=O) groups excluding carboxylic acids is 1. The van der Waals surface area contributed by atoms with Crippen LogP contribution in [0.3, 0.4) is 0 Å². The van der Waals surface area contributed by atoms with E-state index in [0.29, 0.717) is 40.4 Å². The summed E-state index contributed by atoms with van der Waals surface area (Å²) in [5, 5.41) is 0.551. The summed E-state index contributed by atoms with van der Waals surface area (Å²) < 4.78 is 17.1. The standard InChI is InChI=1S/C27H22O5/c1-18-25(32-26-11-7-6-10-24(26)27(18)29)13-12-21-14-22(16-23(15-21)31-19(2)28)30-17-20-8-4-3-5-9-20/h3-16H,17H2,1-2H3/b13-12+. The van der Waals surface area contributed by atoms with E-state index in [-0.39, 0.29) is 5.43 Å². The Morgan fingerprint density at radius 1 is 0.938 bits per heavy atom. The normalized spacial score (nSPS) is 11.1. The average molecular weight is 426 g/mol. The SMILES string of the molecule is CC(=O)Oc1cc(/C=C/c2oc3ccccc3c(=O)c2C)cc(OCc2ccccc2)c1. The van der Waals surface area contributed by atoms with Gasteiger partial charge in [0, 0.05) is 18.6 Å². The van der Waals surface area contributed by atoms with Crippen molar-refractivity contribution in [1.82, 2.24) is 0 Å². The van der Waals surface area contributed by atoms with Gasteiger partial charge in [-0.25, -0.2) is 0 Å². The highest BCUT2D eigenvalue weighted by atomic mass is 16.5. The van der Waals surface area contributed by atoms with E-state index in [1.54, 1.807) is 43.3 Å². The van der Waals surface area contributed by atoms with Gasteiger partial charge in [-0.05, 0) is 48.4 Å². The molecule has 0 fully saturated rings. The monoisotopic (exact) mass is 426 g/mol. The summed E-state index contributed by atoms with van der Waals surface area (Å²) in [4.78, 5) is 24.1. The third-order valence-corrected chi connectivity index (χ3v) is 4.90. The van der Waals surface area contributed by atoms with Crippen LogP contribution in [0, 0.1) is 6.92 Å². The molecule has 0 saturated heterocycles. The van der Waals surface area contributed by atoms with Gasteiger partial charge in [0.05, 0.1) is 5.39 Å². The van der Waals surface area contributed by atoms with Crippen LogP contribution in [0.4, 0.5) is 0 Å². The largest absolute Gasteiger partial charge is 0.489 e. The summed E-state index contributed by atoms with van der Waals surface area (Å²) >= 11 is 0. The van der Waals surface area contributed by atoms with Gasteiger partial charge in [-0.15, -0.1) is 0 Å². The van der Waals surface area contributed by atoms with Crippen molar-refractivity contribution in [2.24, 2.45) is 0 Å². The van der Waals surface area contributed by atoms with Crippen LogP contribution < -0.4 is 14.9 Å². The van der Waals surface area contributed by atoms with Gasteiger partial charge in [0.25, 0.3) is 0 Å². The number of esters is 1. The van der Waals surface area contributed by atoms with Gasteiger partial charge in [-0.3, -0.25) is 9.59 Å². The van der Waals surface area contributed by atoms with Crippen LogP contribution in [0.5, 0.6) is 11.5 Å². The van der Waals surface area contributed by atoms with Crippen LogP contribution in [0.25, 0.3) is 23.1 Å². The summed E-state index contributed by atoms with van der Waals surface area (Å²) in [7, 11) is 0. The summed E-state index contributed by atoms with van der Waals surface area (Å²) in [6, 6.07) is 22.2. The maximum Gasteiger partial charge on any atom is 0.308 e. The number of carbonyl (C=O) groups is 1. The molecule has 1 heterocycles. The number of rotatable bonds is 6. The molecule has 0 saturated carbocycles. The molecule has 4 aromatic rings. The van der Waals surface area contributed by atoms with Crippen molar-refractivity contribution in [3.8, 4) is 11.5 Å². The molecule has 4 rings (SSSR count). The van der Waals surface area contributed by atoms with Crippen molar-refractivity contribution in [3.05, 3.63) is 105 Å². The molecule has 0 spiro atoms. The van der Waals surface area contributed by atoms with Crippen molar-refractivity contribution in [2.75, 3.05) is 0 Å². The number of ether oxygens (including phenoxy) is 2. The topological polar surface area (TPSA) is 65.7 Å². The van der Waals surface area contributed by atoms with E-state index >= 15 is 0 Å². The van der Waals surface area contributed by atoms with Crippen molar-refractivity contribution < 1.29 is 18.7 Å². The van der Waals surface area contributed by atoms with Crippen LogP contribution in [0.15, 0.2) is 82.0 Å². The van der Waals surface area contributed by atoms with Gasteiger partial charge in [-0.2, -0.15) is 0 Å². The number of hydrogen-bond acceptors (Lipinski definition) is 5. The summed E-state index contributed by atoms with van der Waals surface area (Å²) in [5.41, 5.74) is 2.75. The van der Waals surface area contributed by atoms with Crippen LogP contribution in [0.2, 0.25) is 0 Å². The molecular weight excluding hydrogens is 404 g/mol. The third kappa shape index (κ3) is 4.95. The van der Waals surface area contributed by atoms with Crippen LogP contribution >= 0.6 is 0 Å². The number of benzene rings is 3. The lowest BCUT2D eigenvalue weighted by atomic mass is 10.1. The molecule has 0 aliphatic carbocycles. The molecule has 160 valence electrons. The molecule has 0 radical (unpaired) electrons. The highest BCUT2D eigenvalue weighted by Crippen LogP contribution is 2.26. The maximum atomic E-state index is 12.6. The molecule has 5 nitrogen and oxygen atoms in total. The molecule has 5 heteroatoms. The zero-order valence-electron chi connectivity index (χ0n) is 17.8. The molecule has 0 bridgehead atoms. The van der Waals surface area contributed by atoms with E-state index in [1.165, 1.54) is 6.92 Å². The lowest BCUT2D eigenvalue weighted by Gasteiger charge is -2.10. The lowest BCUT2D eigenvalue weighted by Crippen LogP contribution is -2.07. The second-order valence-corrected chi connectivity index (χ2v) is 7.36. The first-order valence-corrected chi connectivity index (χ1v) is 10.2. The average Bonchev–Trinajstić information content (AvgIpc) is 2.79. The van der Waals surface area contributed by atoms with Crippen molar-refractivity contribution in [2.45, 2.75) is 20.5 Å². The van der Waals surface area contributed by atoms with Gasteiger partial charge in [0.1, 0.15) is 29.4 Å². The maximum absolute atomic E-state index is 12.6. The Balaban J connectivity index is 1.65. The predicted octanol–water partition coefficient (Wildman–Crippen LogP) is 5.78. The van der Waals surface area contributed by atoms with Gasteiger partial charge in [0.15, 0.2) is 5.43 Å². The Morgan fingerprint density at radius 3 is 2.44 bits per heavy atom. The van der Waals surface area contributed by atoms with Crippen LogP contribution in [0.1, 0.15) is 29.4 Å². The lowest BCUT2D eigenvalue weighted by molar-refractivity contribution is -0.131. The Kier molecular flexibility index (Phi) is 6.17. The summed E-state index contributed by atoms with van der Waals surface area (Å²) in [5.74, 6) is 0.984. The van der Waals surface area contributed by atoms with Crippen LogP contribution in [-0.2, 0) is 11.4 Å². The van der Waals surface area contributed by atoms with Crippen molar-refractivity contribution in [3.63, 3.8) is 0 Å². The minimum absolute atomic E-state index is 0.0629. The number of hydrogen-bond donors (Lipinski definition) is 0. The molecule has 0 aliphatic heterocycles. The molecule has 0 atom stereocenters. The minimum atomic E-state index is -0.420. The fourth-order valence-corrected chi connectivity index (χ4v) is 3.32. The quantitative estimate of drug-likeness (QED) is 0.289. The molecule has 0 N–H and O–H groups in total. The minimum Gasteiger partial charge on any atom is -0.489 e. The Bertz CT molecular complexity index is 1350. The Morgan fingerprint density at radius 2 is 1.66 bits per heavy atom. The molecule has 1 aromatic heterocycles. The van der Waals surface area contributed by atoms with E-state index in [2.05, 4.69) is 0 Å². The van der Waals surface area contributed by atoms with E-state index in [9.17, 15) is 9.59 Å². The first kappa shape index (κ1) is 21.1. The molecule has 32 heavy (non-hydrogen) atoms. The fraction of sp³-hybridized carbons (Fsp3) is 0.111. The molecular formula is C27H22O5. The first-order chi connectivity index (χ1) is 15.5. The Labute approximate surface area is 185 Å². The zero-order valence-corrected chi connectivity index (χ0v) is 17.8. The second-order valence-electron chi connectivity index (χ2n) is 7.36. The third-order valence-electron chi connectivity index (χ3n) is 4.90. The van der Waals surface area contributed by atoms with E-state index in [1.807, 2.05) is 48.5 Å². The van der Waals surface area contributed by atoms with Gasteiger partial charge in [0.2, 0.25) is 0 Å². The van der Waals surface area contributed by atoms with E-state index in [4.69, 9.17) is 13.9 Å². The highest BCUT2D eigenvalue weighted by molar-refractivity contribution is 5.80. The van der Waals surface area contributed by atoms with Crippen LogP contribution in [-0.4, -0.2) is 5.97 Å². The molecule has 0 amide bonds. The fourth-order valence-electron chi connectivity index (χ4n) is 3.32. The van der Waals surface area contributed by atoms with E-state index < -0.39 is 5.97 Å². The summed E-state index contributed by atoms with van der Waals surface area (Å²) in [6.07, 6.45) is 3.53. The predicted molar refractivity (Wildman–Crippen MR) is 125 cm³/mol. The molecule has 0 unspecified atom stereocenters. The van der Waals surface area contributed by atoms with E-state index in [0.717, 1.165) is 11.1 Å². The highest BCUT2D eigenvalue weighted by Gasteiger charge is 2.09. The summed E-state index contributed by atoms with van der Waals surface area (Å²) in [6.45, 7) is 3.47. The van der Waals surface area contributed by atoms with Crippen molar-refractivity contribution >= 4 is 29.1 Å². The zero-order chi connectivity index (χ0) is 22.5. The first-order valence-electron chi connectivity index (χ1n) is 10.2. The van der Waals surface area contributed by atoms with Gasteiger partial charge < -0.3 is 13.9 Å². The molecule has 3 aromatic carbocycles.